The lowest BCUT2D eigenvalue weighted by molar-refractivity contribution is -0.0948. The van der Waals surface area contributed by atoms with E-state index in [4.69, 9.17) is 9.84 Å². The molecule has 0 saturated carbocycles. The van der Waals surface area contributed by atoms with Crippen molar-refractivity contribution in [2.75, 3.05) is 6.61 Å². The molecule has 4 atom stereocenters. The molecule has 1 unspecified atom stereocenters. The molecule has 3 rings (SSSR count). The second-order valence-electron chi connectivity index (χ2n) is 5.07. The van der Waals surface area contributed by atoms with Gasteiger partial charge >= 0.3 is 0 Å². The molecule has 0 amide bonds. The molecule has 8 heteroatoms. The summed E-state index contributed by atoms with van der Waals surface area (Å²) in [6.07, 6.45) is -0.267. The van der Waals surface area contributed by atoms with Crippen LogP contribution in [0.15, 0.2) is 23.4 Å². The maximum absolute atomic E-state index is 11.7. The van der Waals surface area contributed by atoms with Crippen molar-refractivity contribution in [2.45, 2.75) is 31.0 Å². The summed E-state index contributed by atoms with van der Waals surface area (Å²) in [7, 11) is 0. The number of ether oxygens (including phenoxy) is 1. The third kappa shape index (κ3) is 1.70. The summed E-state index contributed by atoms with van der Waals surface area (Å²) < 4.78 is 6.97. The third-order valence-corrected chi connectivity index (χ3v) is 3.70. The molecule has 0 spiro atoms. The standard InChI is InChI=1S/C12H15N3O5/c1-12(19)8(17)7(4-16)20-11(12)15-3-2-6-9(15)13-5-14-10(6)18/h2-3,5,7-8,11,16-17,19H,4H2,1H3,(H,13,14,18)/t7-,8-,11?,12-/m1/s1. The van der Waals surface area contributed by atoms with Crippen LogP contribution in [0.3, 0.4) is 0 Å². The smallest absolute Gasteiger partial charge is 0.260 e. The monoisotopic (exact) mass is 281 g/mol. The van der Waals surface area contributed by atoms with E-state index in [2.05, 4.69) is 9.97 Å². The molecule has 0 aliphatic carbocycles. The molecule has 0 bridgehead atoms. The topological polar surface area (TPSA) is 121 Å². The number of aliphatic hydroxyl groups is 3. The van der Waals surface area contributed by atoms with Gasteiger partial charge in [0.25, 0.3) is 5.56 Å². The Labute approximate surface area is 113 Å². The maximum atomic E-state index is 11.7. The first-order chi connectivity index (χ1) is 9.46. The van der Waals surface area contributed by atoms with Crippen molar-refractivity contribution in [1.29, 1.82) is 0 Å². The van der Waals surface area contributed by atoms with E-state index in [9.17, 15) is 15.0 Å². The minimum absolute atomic E-state index is 0.300. The Balaban J connectivity index is 2.12. The van der Waals surface area contributed by atoms with Crippen LogP contribution in [0.5, 0.6) is 0 Å². The number of aromatic amines is 1. The van der Waals surface area contributed by atoms with Gasteiger partial charge in [0.05, 0.1) is 18.3 Å². The minimum atomic E-state index is -1.61. The van der Waals surface area contributed by atoms with E-state index in [-0.39, 0.29) is 5.56 Å². The lowest BCUT2D eigenvalue weighted by atomic mass is 9.96. The number of nitrogens with zero attached hydrogens (tertiary/aromatic N) is 2. The summed E-state index contributed by atoms with van der Waals surface area (Å²) in [6.45, 7) is 0.998. The predicted molar refractivity (Wildman–Crippen MR) is 68.0 cm³/mol. The van der Waals surface area contributed by atoms with Gasteiger partial charge in [-0.25, -0.2) is 4.98 Å². The lowest BCUT2D eigenvalue weighted by Gasteiger charge is -2.27. The van der Waals surface area contributed by atoms with Crippen molar-refractivity contribution in [3.05, 3.63) is 28.9 Å². The number of aliphatic hydroxyl groups excluding tert-OH is 2. The van der Waals surface area contributed by atoms with Gasteiger partial charge in [0, 0.05) is 6.20 Å². The first kappa shape index (κ1) is 13.3. The Kier molecular flexibility index (Phi) is 2.91. The highest BCUT2D eigenvalue weighted by Gasteiger charge is 2.53. The van der Waals surface area contributed by atoms with Crippen molar-refractivity contribution >= 4 is 11.0 Å². The van der Waals surface area contributed by atoms with Crippen LogP contribution >= 0.6 is 0 Å². The van der Waals surface area contributed by atoms with E-state index in [1.54, 1.807) is 12.3 Å². The van der Waals surface area contributed by atoms with Crippen LogP contribution in [0.25, 0.3) is 11.0 Å². The number of hydrogen-bond donors (Lipinski definition) is 4. The van der Waals surface area contributed by atoms with Crippen LogP contribution < -0.4 is 5.56 Å². The van der Waals surface area contributed by atoms with Crippen LogP contribution in [0.4, 0.5) is 0 Å². The van der Waals surface area contributed by atoms with Crippen molar-refractivity contribution < 1.29 is 20.1 Å². The zero-order valence-corrected chi connectivity index (χ0v) is 10.7. The normalized spacial score (nSPS) is 33.9. The highest BCUT2D eigenvalue weighted by atomic mass is 16.6. The van der Waals surface area contributed by atoms with Crippen LogP contribution in [-0.4, -0.2) is 54.3 Å². The molecule has 0 radical (unpaired) electrons. The molecule has 2 aromatic rings. The lowest BCUT2D eigenvalue weighted by Crippen LogP contribution is -2.44. The summed E-state index contributed by atoms with van der Waals surface area (Å²) in [6, 6.07) is 1.55. The molecule has 3 heterocycles. The Morgan fingerprint density at radius 3 is 3.00 bits per heavy atom. The van der Waals surface area contributed by atoms with Crippen LogP contribution in [0.2, 0.25) is 0 Å². The number of H-pyrrole nitrogens is 1. The van der Waals surface area contributed by atoms with Crippen molar-refractivity contribution in [3.8, 4) is 0 Å². The fourth-order valence-corrected chi connectivity index (χ4v) is 2.56. The summed E-state index contributed by atoms with van der Waals surface area (Å²) in [5.41, 5.74) is -1.57. The van der Waals surface area contributed by atoms with Gasteiger partial charge in [0.2, 0.25) is 0 Å². The Morgan fingerprint density at radius 2 is 2.35 bits per heavy atom. The second kappa shape index (κ2) is 4.38. The second-order valence-corrected chi connectivity index (χ2v) is 5.07. The number of aromatic nitrogens is 3. The summed E-state index contributed by atoms with van der Waals surface area (Å²) in [5, 5.41) is 29.9. The fraction of sp³-hybridized carbons (Fsp3) is 0.500. The van der Waals surface area contributed by atoms with E-state index in [1.807, 2.05) is 0 Å². The summed E-state index contributed by atoms with van der Waals surface area (Å²) in [4.78, 5) is 18.2. The molecular formula is C12H15N3O5. The van der Waals surface area contributed by atoms with E-state index >= 15 is 0 Å². The largest absolute Gasteiger partial charge is 0.394 e. The average Bonchev–Trinajstić information content (AvgIpc) is 2.92. The summed E-state index contributed by atoms with van der Waals surface area (Å²) in [5.74, 6) is 0. The van der Waals surface area contributed by atoms with Gasteiger partial charge in [-0.1, -0.05) is 0 Å². The molecule has 0 aromatic carbocycles. The Morgan fingerprint density at radius 1 is 1.60 bits per heavy atom. The van der Waals surface area contributed by atoms with Crippen molar-refractivity contribution in [3.63, 3.8) is 0 Å². The molecule has 2 aromatic heterocycles. The molecular weight excluding hydrogens is 266 g/mol. The van der Waals surface area contributed by atoms with Crippen LogP contribution in [-0.2, 0) is 4.74 Å². The Bertz CT molecular complexity index is 692. The summed E-state index contributed by atoms with van der Waals surface area (Å²) >= 11 is 0. The van der Waals surface area contributed by atoms with E-state index in [0.717, 1.165) is 0 Å². The zero-order chi connectivity index (χ0) is 14.5. The van der Waals surface area contributed by atoms with E-state index < -0.39 is 30.6 Å². The molecule has 8 nitrogen and oxygen atoms in total. The first-order valence-corrected chi connectivity index (χ1v) is 6.17. The average molecular weight is 281 g/mol. The van der Waals surface area contributed by atoms with Gasteiger partial charge in [0.15, 0.2) is 6.23 Å². The third-order valence-electron chi connectivity index (χ3n) is 3.70. The molecule has 108 valence electrons. The predicted octanol–water partition coefficient (Wildman–Crippen LogP) is -1.27. The van der Waals surface area contributed by atoms with Gasteiger partial charge < -0.3 is 29.6 Å². The first-order valence-electron chi connectivity index (χ1n) is 6.17. The number of nitrogens with one attached hydrogen (secondary N) is 1. The molecule has 1 aliphatic rings. The van der Waals surface area contributed by atoms with Crippen LogP contribution in [0, 0.1) is 0 Å². The van der Waals surface area contributed by atoms with Gasteiger partial charge in [-0.2, -0.15) is 0 Å². The molecule has 20 heavy (non-hydrogen) atoms. The van der Waals surface area contributed by atoms with E-state index in [1.165, 1.54) is 17.8 Å². The molecule has 4 N–H and O–H groups in total. The maximum Gasteiger partial charge on any atom is 0.260 e. The Hall–Kier alpha value is -1.74. The number of fused-ring (bicyclic) bond motifs is 1. The van der Waals surface area contributed by atoms with E-state index in [0.29, 0.717) is 11.0 Å². The molecule has 1 fully saturated rings. The van der Waals surface area contributed by atoms with Gasteiger partial charge in [-0.05, 0) is 13.0 Å². The van der Waals surface area contributed by atoms with Gasteiger partial charge in [-0.3, -0.25) is 4.79 Å². The quantitative estimate of drug-likeness (QED) is 0.544. The minimum Gasteiger partial charge on any atom is -0.394 e. The number of hydrogen-bond acceptors (Lipinski definition) is 6. The van der Waals surface area contributed by atoms with Crippen molar-refractivity contribution in [1.82, 2.24) is 14.5 Å². The van der Waals surface area contributed by atoms with Gasteiger partial charge in [-0.15, -0.1) is 0 Å². The SMILES string of the molecule is C[C@]1(O)C(n2ccc3c(=O)[nH]cnc32)O[C@H](CO)[C@H]1O. The fourth-order valence-electron chi connectivity index (χ4n) is 2.56. The van der Waals surface area contributed by atoms with Crippen LogP contribution in [0.1, 0.15) is 13.2 Å². The number of rotatable bonds is 2. The molecule has 1 saturated heterocycles. The highest BCUT2D eigenvalue weighted by molar-refractivity contribution is 5.74. The zero-order valence-electron chi connectivity index (χ0n) is 10.7. The molecule has 1 aliphatic heterocycles. The highest BCUT2D eigenvalue weighted by Crippen LogP contribution is 2.39. The van der Waals surface area contributed by atoms with Gasteiger partial charge in [0.1, 0.15) is 23.5 Å². The van der Waals surface area contributed by atoms with Crippen molar-refractivity contribution in [2.24, 2.45) is 0 Å².